The summed E-state index contributed by atoms with van der Waals surface area (Å²) in [5, 5.41) is 0.0313. The number of rotatable bonds is 5. The Kier molecular flexibility index (Phi) is 5.94. The lowest BCUT2D eigenvalue weighted by Crippen LogP contribution is -2.44. The number of ether oxygens (including phenoxy) is 1. The molecule has 3 nitrogen and oxygen atoms in total. The lowest BCUT2D eigenvalue weighted by molar-refractivity contribution is -0.137. The Morgan fingerprint density at radius 3 is 2.50 bits per heavy atom. The molecule has 1 aromatic rings. The first-order valence-corrected chi connectivity index (χ1v) is 10.3. The van der Waals surface area contributed by atoms with Gasteiger partial charge in [0.2, 0.25) is 0 Å². The number of esters is 1. The minimum Gasteiger partial charge on any atom is -0.543 e. The van der Waals surface area contributed by atoms with Crippen molar-refractivity contribution >= 4 is 20.4 Å². The van der Waals surface area contributed by atoms with Crippen LogP contribution in [0.5, 0.6) is 5.75 Å². The van der Waals surface area contributed by atoms with Gasteiger partial charge in [-0.25, -0.2) is 9.18 Å². The van der Waals surface area contributed by atoms with E-state index in [1.807, 2.05) is 0 Å². The van der Waals surface area contributed by atoms with Crippen molar-refractivity contribution in [3.63, 3.8) is 0 Å². The predicted molar refractivity (Wildman–Crippen MR) is 89.9 cm³/mol. The predicted octanol–water partition coefficient (Wildman–Crippen LogP) is 4.79. The van der Waals surface area contributed by atoms with Gasteiger partial charge < -0.3 is 9.16 Å². The van der Waals surface area contributed by atoms with E-state index in [1.54, 1.807) is 13.0 Å². The van der Waals surface area contributed by atoms with Crippen LogP contribution in [0, 0.1) is 5.82 Å². The van der Waals surface area contributed by atoms with Gasteiger partial charge in [0.05, 0.1) is 6.61 Å². The van der Waals surface area contributed by atoms with Crippen molar-refractivity contribution in [1.82, 2.24) is 0 Å². The largest absolute Gasteiger partial charge is 0.543 e. The van der Waals surface area contributed by atoms with E-state index in [4.69, 9.17) is 9.16 Å². The van der Waals surface area contributed by atoms with Gasteiger partial charge >= 0.3 is 5.97 Å². The molecule has 122 valence electrons. The minimum absolute atomic E-state index is 0.0313. The zero-order valence-corrected chi connectivity index (χ0v) is 15.2. The number of carbonyl (C=O) groups is 1. The lowest BCUT2D eigenvalue weighted by Gasteiger charge is -2.36. The van der Waals surface area contributed by atoms with E-state index in [0.717, 1.165) is 0 Å². The molecule has 0 fully saturated rings. The number of halogens is 1. The van der Waals surface area contributed by atoms with Gasteiger partial charge in [-0.3, -0.25) is 0 Å². The monoisotopic (exact) mass is 324 g/mol. The van der Waals surface area contributed by atoms with Gasteiger partial charge in [0.15, 0.2) is 0 Å². The van der Waals surface area contributed by atoms with Crippen LogP contribution in [0.15, 0.2) is 24.3 Å². The van der Waals surface area contributed by atoms with Crippen LogP contribution in [0.25, 0.3) is 6.08 Å². The summed E-state index contributed by atoms with van der Waals surface area (Å²) in [6, 6.07) is 4.34. The smallest absolute Gasteiger partial charge is 0.330 e. The highest BCUT2D eigenvalue weighted by Crippen LogP contribution is 2.38. The van der Waals surface area contributed by atoms with Crippen molar-refractivity contribution in [3.05, 3.63) is 35.7 Å². The fourth-order valence-electron chi connectivity index (χ4n) is 1.52. The van der Waals surface area contributed by atoms with Gasteiger partial charge in [-0.1, -0.05) is 20.8 Å². The first-order valence-electron chi connectivity index (χ1n) is 7.40. The summed E-state index contributed by atoms with van der Waals surface area (Å²) in [6.45, 7) is 12.7. The van der Waals surface area contributed by atoms with Crippen LogP contribution < -0.4 is 4.43 Å². The van der Waals surface area contributed by atoms with Crippen LogP contribution in [-0.4, -0.2) is 20.9 Å². The molecule has 0 bridgehead atoms. The van der Waals surface area contributed by atoms with E-state index in [2.05, 4.69) is 33.9 Å². The summed E-state index contributed by atoms with van der Waals surface area (Å²) >= 11 is 0. The molecule has 0 aromatic heterocycles. The first kappa shape index (κ1) is 18.4. The molecule has 22 heavy (non-hydrogen) atoms. The fraction of sp³-hybridized carbons (Fsp3) is 0.471. The summed E-state index contributed by atoms with van der Waals surface area (Å²) in [6.07, 6.45) is 2.82. The van der Waals surface area contributed by atoms with Crippen LogP contribution in [-0.2, 0) is 9.53 Å². The second-order valence-electron chi connectivity index (χ2n) is 6.63. The van der Waals surface area contributed by atoms with Gasteiger partial charge in [-0.05, 0) is 49.3 Å². The Balaban J connectivity index is 3.09. The van der Waals surface area contributed by atoms with E-state index >= 15 is 0 Å². The number of hydrogen-bond donors (Lipinski definition) is 0. The number of carbonyl (C=O) groups excluding carboxylic acids is 1. The maximum Gasteiger partial charge on any atom is 0.330 e. The maximum atomic E-state index is 13.5. The summed E-state index contributed by atoms with van der Waals surface area (Å²) in [5.41, 5.74) is 0.540. The molecule has 0 radical (unpaired) electrons. The molecule has 5 heteroatoms. The average Bonchev–Trinajstić information content (AvgIpc) is 2.38. The van der Waals surface area contributed by atoms with Gasteiger partial charge in [-0.15, -0.1) is 0 Å². The summed E-state index contributed by atoms with van der Waals surface area (Å²) in [7, 11) is -2.04. The van der Waals surface area contributed by atoms with Crippen molar-refractivity contribution in [2.75, 3.05) is 6.61 Å². The van der Waals surface area contributed by atoms with Crippen LogP contribution in [0.1, 0.15) is 33.3 Å². The standard InChI is InChI=1S/C17H25FO3Si/c1-7-20-16(19)11-8-13-12-14(18)9-10-15(13)21-22(5,6)17(2,3)4/h8-12H,7H2,1-6H3/b11-8+. The van der Waals surface area contributed by atoms with Gasteiger partial charge in [0, 0.05) is 11.6 Å². The number of benzene rings is 1. The Bertz CT molecular complexity index is 560. The molecule has 0 amide bonds. The second-order valence-corrected chi connectivity index (χ2v) is 11.4. The molecule has 1 aromatic carbocycles. The molecule has 0 N–H and O–H groups in total. The van der Waals surface area contributed by atoms with Crippen LogP contribution in [0.2, 0.25) is 18.1 Å². The van der Waals surface area contributed by atoms with Gasteiger partial charge in [0.25, 0.3) is 8.32 Å². The first-order chi connectivity index (χ1) is 10.1. The minimum atomic E-state index is -2.04. The number of hydrogen-bond acceptors (Lipinski definition) is 3. The second kappa shape index (κ2) is 7.09. The Labute approximate surface area is 133 Å². The van der Waals surface area contributed by atoms with E-state index < -0.39 is 14.3 Å². The molecule has 0 aliphatic rings. The fourth-order valence-corrected chi connectivity index (χ4v) is 2.56. The molecule has 0 saturated carbocycles. The molecule has 0 aliphatic carbocycles. The Morgan fingerprint density at radius 2 is 1.95 bits per heavy atom. The molecule has 1 rings (SSSR count). The van der Waals surface area contributed by atoms with Crippen molar-refractivity contribution in [1.29, 1.82) is 0 Å². The van der Waals surface area contributed by atoms with E-state index in [0.29, 0.717) is 17.9 Å². The van der Waals surface area contributed by atoms with E-state index in [1.165, 1.54) is 24.3 Å². The van der Waals surface area contributed by atoms with Crippen molar-refractivity contribution in [2.24, 2.45) is 0 Å². The normalized spacial score (nSPS) is 12.5. The third-order valence-electron chi connectivity index (χ3n) is 3.83. The lowest BCUT2D eigenvalue weighted by atomic mass is 10.2. The molecule has 0 unspecified atom stereocenters. The molecule has 0 aliphatic heterocycles. The highest BCUT2D eigenvalue weighted by molar-refractivity contribution is 6.74. The van der Waals surface area contributed by atoms with Crippen molar-refractivity contribution < 1.29 is 18.3 Å². The molecule has 0 spiro atoms. The maximum absolute atomic E-state index is 13.5. The van der Waals surface area contributed by atoms with Crippen LogP contribution >= 0.6 is 0 Å². The van der Waals surface area contributed by atoms with Crippen LogP contribution in [0.4, 0.5) is 4.39 Å². The highest BCUT2D eigenvalue weighted by atomic mass is 28.4. The van der Waals surface area contributed by atoms with Crippen molar-refractivity contribution in [2.45, 2.75) is 45.8 Å². The van der Waals surface area contributed by atoms with Crippen molar-refractivity contribution in [3.8, 4) is 5.75 Å². The Hall–Kier alpha value is -1.62. The quantitative estimate of drug-likeness (QED) is 0.444. The third kappa shape index (κ3) is 4.98. The average molecular weight is 324 g/mol. The summed E-state index contributed by atoms with van der Waals surface area (Å²) in [4.78, 5) is 11.4. The Morgan fingerprint density at radius 1 is 1.32 bits per heavy atom. The molecule has 0 heterocycles. The van der Waals surface area contributed by atoms with Gasteiger partial charge in [0.1, 0.15) is 11.6 Å². The SMILES string of the molecule is CCOC(=O)/C=C/c1cc(F)ccc1O[Si](C)(C)C(C)(C)C. The molecular weight excluding hydrogens is 299 g/mol. The third-order valence-corrected chi connectivity index (χ3v) is 8.17. The molecular formula is C17H25FO3Si. The zero-order chi connectivity index (χ0) is 17.0. The highest BCUT2D eigenvalue weighted by Gasteiger charge is 2.39. The topological polar surface area (TPSA) is 35.5 Å². The van der Waals surface area contributed by atoms with E-state index in [-0.39, 0.29) is 10.9 Å². The summed E-state index contributed by atoms with van der Waals surface area (Å²) < 4.78 is 24.5. The zero-order valence-electron chi connectivity index (χ0n) is 14.2. The van der Waals surface area contributed by atoms with E-state index in [9.17, 15) is 9.18 Å². The van der Waals surface area contributed by atoms with Crippen LogP contribution in [0.3, 0.4) is 0 Å². The molecule has 0 atom stereocenters. The van der Waals surface area contributed by atoms with Gasteiger partial charge in [-0.2, -0.15) is 0 Å². The summed E-state index contributed by atoms with van der Waals surface area (Å²) in [5.74, 6) is -0.232. The molecule has 0 saturated heterocycles.